The number of hydrogen-bond acceptors (Lipinski definition) is 6. The average Bonchev–Trinajstić information content (AvgIpc) is 2.82. The Morgan fingerprint density at radius 1 is 1.06 bits per heavy atom. The number of allylic oxidation sites excluding steroid dienone is 2. The highest BCUT2D eigenvalue weighted by Crippen LogP contribution is 2.52. The van der Waals surface area contributed by atoms with Crippen molar-refractivity contribution in [1.29, 1.82) is 0 Å². The lowest BCUT2D eigenvalue weighted by Crippen LogP contribution is -2.53. The monoisotopic (exact) mass is 522 g/mol. The topological polar surface area (TPSA) is 121 Å². The van der Waals surface area contributed by atoms with Gasteiger partial charge in [-0.15, -0.1) is 0 Å². The van der Waals surface area contributed by atoms with E-state index < -0.39 is 23.3 Å². The smallest absolute Gasteiger partial charge is 0.326 e. The predicted octanol–water partition coefficient (Wildman–Crippen LogP) is 4.60. The Bertz CT molecular complexity index is 1160. The summed E-state index contributed by atoms with van der Waals surface area (Å²) in [6.07, 6.45) is 8.32. The van der Waals surface area contributed by atoms with Gasteiger partial charge in [0.25, 0.3) is 5.91 Å². The Hall–Kier alpha value is -2.68. The van der Waals surface area contributed by atoms with Gasteiger partial charge in [0.1, 0.15) is 11.1 Å². The van der Waals surface area contributed by atoms with Crippen LogP contribution in [0.25, 0.3) is 0 Å². The van der Waals surface area contributed by atoms with Crippen molar-refractivity contribution in [3.05, 3.63) is 62.8 Å². The third-order valence-electron chi connectivity index (χ3n) is 6.23. The molecule has 2 aliphatic carbocycles. The van der Waals surface area contributed by atoms with Crippen LogP contribution < -0.4 is 10.6 Å². The first kappa shape index (κ1) is 24.4. The summed E-state index contributed by atoms with van der Waals surface area (Å²) in [6, 6.07) is 2.20. The molecule has 1 spiro atoms. The lowest BCUT2D eigenvalue weighted by atomic mass is 9.62. The second-order valence-electron chi connectivity index (χ2n) is 8.37. The lowest BCUT2D eigenvalue weighted by Gasteiger charge is -2.45. The van der Waals surface area contributed by atoms with Crippen LogP contribution in [0.4, 0.5) is 5.69 Å². The molecule has 1 fully saturated rings. The Labute approximate surface area is 210 Å². The molecule has 0 aliphatic heterocycles. The van der Waals surface area contributed by atoms with Crippen LogP contribution in [0.1, 0.15) is 48.2 Å². The first-order chi connectivity index (χ1) is 16.2. The van der Waals surface area contributed by atoms with E-state index >= 15 is 0 Å². The molecular weight excluding hydrogens is 503 g/mol. The quantitative estimate of drug-likeness (QED) is 0.485. The number of carboxylic acid groups (broad SMARTS) is 1. The maximum Gasteiger partial charge on any atom is 0.326 e. The van der Waals surface area contributed by atoms with Crippen LogP contribution in [0.2, 0.25) is 10.0 Å². The third kappa shape index (κ3) is 4.62. The van der Waals surface area contributed by atoms with Gasteiger partial charge in [0.05, 0.1) is 32.9 Å². The second-order valence-corrected chi connectivity index (χ2v) is 9.56. The minimum absolute atomic E-state index is 0.0590. The van der Waals surface area contributed by atoms with Crippen molar-refractivity contribution < 1.29 is 19.5 Å². The zero-order valence-corrected chi connectivity index (χ0v) is 20.2. The maximum absolute atomic E-state index is 12.5. The van der Waals surface area contributed by atoms with Crippen LogP contribution in [0.5, 0.6) is 0 Å². The van der Waals surface area contributed by atoms with Crippen LogP contribution in [0.15, 0.2) is 41.5 Å². The Morgan fingerprint density at radius 2 is 1.74 bits per heavy atom. The fourth-order valence-corrected chi connectivity index (χ4v) is 5.40. The van der Waals surface area contributed by atoms with E-state index in [-0.39, 0.29) is 32.8 Å². The van der Waals surface area contributed by atoms with E-state index in [9.17, 15) is 19.5 Å². The molecule has 2 aliphatic rings. The van der Waals surface area contributed by atoms with Crippen LogP contribution in [-0.2, 0) is 16.0 Å². The normalized spacial score (nSPS) is 17.8. The highest BCUT2D eigenvalue weighted by molar-refractivity contribution is 6.47. The number of amides is 1. The zero-order chi connectivity index (χ0) is 24.5. The van der Waals surface area contributed by atoms with Crippen LogP contribution >= 0.6 is 34.8 Å². The number of hydrogen-bond donors (Lipinski definition) is 3. The van der Waals surface area contributed by atoms with Crippen molar-refractivity contribution in [2.75, 3.05) is 5.32 Å². The van der Waals surface area contributed by atoms with E-state index in [1.807, 2.05) is 0 Å². The molecule has 2 aromatic heterocycles. The number of rotatable bonds is 7. The van der Waals surface area contributed by atoms with E-state index in [1.165, 1.54) is 18.6 Å². The van der Waals surface area contributed by atoms with Crippen LogP contribution in [0, 0.1) is 5.41 Å². The molecule has 34 heavy (non-hydrogen) atoms. The number of aromatic nitrogens is 2. The molecule has 4 rings (SSSR count). The number of anilines is 1. The number of carbonyl (C=O) groups excluding carboxylic acids is 2. The predicted molar refractivity (Wildman–Crippen MR) is 128 cm³/mol. The second kappa shape index (κ2) is 9.90. The summed E-state index contributed by atoms with van der Waals surface area (Å²) in [5, 5.41) is 15.7. The summed E-state index contributed by atoms with van der Waals surface area (Å²) in [5.41, 5.74) is 0.808. The largest absolute Gasteiger partial charge is 0.480 e. The molecule has 0 saturated heterocycles. The number of carboxylic acids is 1. The number of ketones is 1. The minimum atomic E-state index is -1.08. The Balaban J connectivity index is 1.45. The third-order valence-corrected chi connectivity index (χ3v) is 7.17. The van der Waals surface area contributed by atoms with Gasteiger partial charge in [0.15, 0.2) is 5.78 Å². The standard InChI is InChI=1S/C23H21Cl3N4O4/c24-14-10-27-11-15(25)17(14)21(32)29-13-5-4-12(28-9-13)8-16(22(33)34)30-19-18(26)20(31)23(19)6-2-1-3-7-23/h4-5,9-11,16,30H,1-3,6-8H2,(H,29,32)(H,33,34)/t16-/m0/s1. The van der Waals surface area contributed by atoms with Gasteiger partial charge in [0, 0.05) is 30.2 Å². The summed E-state index contributed by atoms with van der Waals surface area (Å²) in [5.74, 6) is -1.71. The van der Waals surface area contributed by atoms with E-state index in [0.717, 1.165) is 19.3 Å². The first-order valence-electron chi connectivity index (χ1n) is 10.7. The Morgan fingerprint density at radius 3 is 2.32 bits per heavy atom. The summed E-state index contributed by atoms with van der Waals surface area (Å²) in [7, 11) is 0. The van der Waals surface area contributed by atoms with Crippen molar-refractivity contribution in [3.63, 3.8) is 0 Å². The fourth-order valence-electron chi connectivity index (χ4n) is 4.44. The van der Waals surface area contributed by atoms with Crippen molar-refractivity contribution in [3.8, 4) is 0 Å². The first-order valence-corrected chi connectivity index (χ1v) is 11.9. The number of aliphatic carboxylic acids is 1. The average molecular weight is 524 g/mol. The van der Waals surface area contributed by atoms with Gasteiger partial charge in [-0.2, -0.15) is 0 Å². The van der Waals surface area contributed by atoms with Gasteiger partial charge in [-0.3, -0.25) is 19.6 Å². The van der Waals surface area contributed by atoms with Crippen molar-refractivity contribution in [2.24, 2.45) is 5.41 Å². The minimum Gasteiger partial charge on any atom is -0.480 e. The van der Waals surface area contributed by atoms with E-state index in [1.54, 1.807) is 12.1 Å². The summed E-state index contributed by atoms with van der Waals surface area (Å²) < 4.78 is 0. The molecule has 1 saturated carbocycles. The number of nitrogens with zero attached hydrogens (tertiary/aromatic N) is 2. The van der Waals surface area contributed by atoms with Gasteiger partial charge in [0.2, 0.25) is 0 Å². The van der Waals surface area contributed by atoms with Crippen LogP contribution in [-0.4, -0.2) is 38.8 Å². The van der Waals surface area contributed by atoms with Crippen molar-refractivity contribution in [2.45, 2.75) is 44.6 Å². The van der Waals surface area contributed by atoms with Gasteiger partial charge >= 0.3 is 5.97 Å². The van der Waals surface area contributed by atoms with E-state index in [4.69, 9.17) is 34.8 Å². The molecule has 2 heterocycles. The molecule has 1 atom stereocenters. The molecule has 0 aromatic carbocycles. The number of nitrogens with one attached hydrogen (secondary N) is 2. The molecule has 0 unspecified atom stereocenters. The molecule has 8 nitrogen and oxygen atoms in total. The number of halogens is 3. The van der Waals surface area contributed by atoms with E-state index in [2.05, 4.69) is 20.6 Å². The summed E-state index contributed by atoms with van der Waals surface area (Å²) in [6.45, 7) is 0. The summed E-state index contributed by atoms with van der Waals surface area (Å²) in [4.78, 5) is 45.0. The zero-order valence-electron chi connectivity index (χ0n) is 17.9. The highest BCUT2D eigenvalue weighted by Gasteiger charge is 2.54. The molecule has 2 aromatic rings. The molecule has 3 N–H and O–H groups in total. The van der Waals surface area contributed by atoms with Crippen LogP contribution in [0.3, 0.4) is 0 Å². The number of carbonyl (C=O) groups is 3. The fraction of sp³-hybridized carbons (Fsp3) is 0.348. The molecule has 11 heteroatoms. The van der Waals surface area contributed by atoms with E-state index in [0.29, 0.717) is 29.9 Å². The highest BCUT2D eigenvalue weighted by atomic mass is 35.5. The SMILES string of the molecule is O=C(Nc1ccc(C[C@H](NC2=C(Cl)C(=O)C23CCCCC3)C(=O)O)nc1)c1c(Cl)cncc1Cl. The van der Waals surface area contributed by atoms with Gasteiger partial charge in [-0.1, -0.05) is 54.1 Å². The molecule has 178 valence electrons. The summed E-state index contributed by atoms with van der Waals surface area (Å²) >= 11 is 18.2. The molecule has 0 bridgehead atoms. The number of pyridine rings is 2. The molecular formula is C23H21Cl3N4O4. The van der Waals surface area contributed by atoms with Gasteiger partial charge in [-0.25, -0.2) is 4.79 Å². The molecule has 0 radical (unpaired) electrons. The van der Waals surface area contributed by atoms with Crippen molar-refractivity contribution in [1.82, 2.24) is 15.3 Å². The maximum atomic E-state index is 12.5. The Kier molecular flexibility index (Phi) is 7.12. The molecule has 1 amide bonds. The van der Waals surface area contributed by atoms with Crippen molar-refractivity contribution >= 4 is 58.1 Å². The van der Waals surface area contributed by atoms with Gasteiger partial charge in [-0.05, 0) is 25.0 Å². The lowest BCUT2D eigenvalue weighted by molar-refractivity contribution is -0.140. The number of Topliss-reactive ketones (excluding diaryl/α,β-unsaturated/α-hetero) is 1. The van der Waals surface area contributed by atoms with Gasteiger partial charge < -0.3 is 15.7 Å².